The fourth-order valence-corrected chi connectivity index (χ4v) is 2.88. The first-order valence-corrected chi connectivity index (χ1v) is 9.45. The maximum atomic E-state index is 11.9. The Hall–Kier alpha value is -1.29. The fraction of sp³-hybridized carbons (Fsp3) is 0.467. The molecule has 8 nitrogen and oxygen atoms in total. The van der Waals surface area contributed by atoms with Crippen molar-refractivity contribution in [3.05, 3.63) is 35.9 Å². The van der Waals surface area contributed by atoms with Crippen molar-refractivity contribution in [1.82, 2.24) is 15.7 Å². The smallest absolute Gasteiger partial charge is 0.787 e. The van der Waals surface area contributed by atoms with Crippen molar-refractivity contribution in [2.45, 2.75) is 32.9 Å². The van der Waals surface area contributed by atoms with E-state index in [0.29, 0.717) is 6.54 Å². The van der Waals surface area contributed by atoms with Crippen molar-refractivity contribution in [1.29, 1.82) is 0 Å². The zero-order valence-corrected chi connectivity index (χ0v) is 15.7. The van der Waals surface area contributed by atoms with Crippen LogP contribution in [0.2, 0.25) is 0 Å². The molecule has 0 heterocycles. The predicted octanol–water partition coefficient (Wildman–Crippen LogP) is -2.07. The maximum absolute atomic E-state index is 11.9. The van der Waals surface area contributed by atoms with E-state index in [1.807, 2.05) is 13.0 Å². The van der Waals surface area contributed by atoms with E-state index in [4.69, 9.17) is 4.74 Å². The largest absolute Gasteiger partial charge is 1.00 e. The van der Waals surface area contributed by atoms with Crippen molar-refractivity contribution >= 4 is 19.5 Å². The Balaban J connectivity index is 0.00000576. The molecule has 1 rings (SSSR count). The van der Waals surface area contributed by atoms with Crippen LogP contribution >= 0.6 is 7.52 Å². The quantitative estimate of drug-likeness (QED) is 0.343. The van der Waals surface area contributed by atoms with Crippen molar-refractivity contribution in [2.24, 2.45) is 0 Å². The van der Waals surface area contributed by atoms with E-state index in [-0.39, 0.29) is 25.5 Å². The molecular weight excluding hydrogens is 340 g/mol. The average Bonchev–Trinajstić information content (AvgIpc) is 2.56. The maximum Gasteiger partial charge on any atom is 1.00 e. The van der Waals surface area contributed by atoms with Gasteiger partial charge in [0.15, 0.2) is 0 Å². The molecule has 0 radical (unpaired) electrons. The van der Waals surface area contributed by atoms with Crippen LogP contribution < -0.4 is 39.5 Å². The number of hydrogen-bond donors (Lipinski definition) is 3. The third-order valence-electron chi connectivity index (χ3n) is 2.98. The summed E-state index contributed by atoms with van der Waals surface area (Å²) >= 11 is 0. The first kappa shape index (κ1) is 23.7. The van der Waals surface area contributed by atoms with E-state index in [0.717, 1.165) is 12.0 Å². The number of amides is 2. The average molecular weight is 363 g/mol. The van der Waals surface area contributed by atoms with Crippen molar-refractivity contribution in [3.8, 4) is 0 Å². The van der Waals surface area contributed by atoms with Crippen LogP contribution in [0.15, 0.2) is 30.3 Å². The minimum Gasteiger partial charge on any atom is -0.787 e. The Bertz CT molecular complexity index is 588. The third-order valence-corrected chi connectivity index (χ3v) is 4.33. The molecule has 0 aliphatic rings. The molecule has 0 fully saturated rings. The summed E-state index contributed by atoms with van der Waals surface area (Å²) in [5.41, 5.74) is 0.789. The Kier molecular flexibility index (Phi) is 11.5. The first-order chi connectivity index (χ1) is 11.3. The fourth-order valence-electron chi connectivity index (χ4n) is 1.74. The molecule has 0 aromatic heterocycles. The molecule has 0 spiro atoms. The number of benzene rings is 1. The van der Waals surface area contributed by atoms with Crippen LogP contribution in [-0.2, 0) is 20.7 Å². The second kappa shape index (κ2) is 12.1. The van der Waals surface area contributed by atoms with Crippen molar-refractivity contribution in [2.75, 3.05) is 12.8 Å². The summed E-state index contributed by atoms with van der Waals surface area (Å²) in [5.74, 6) is -0.417. The van der Waals surface area contributed by atoms with Gasteiger partial charge in [-0.3, -0.25) is 9.88 Å². The van der Waals surface area contributed by atoms with E-state index < -0.39 is 31.8 Å². The van der Waals surface area contributed by atoms with Gasteiger partial charge in [-0.25, -0.2) is 4.79 Å². The van der Waals surface area contributed by atoms with E-state index in [1.165, 1.54) is 6.92 Å². The van der Waals surface area contributed by atoms with Gasteiger partial charge in [0.2, 0.25) is 5.91 Å². The molecule has 25 heavy (non-hydrogen) atoms. The summed E-state index contributed by atoms with van der Waals surface area (Å²) in [5, 5.41) is 6.95. The van der Waals surface area contributed by atoms with Gasteiger partial charge in [-0.2, -0.15) is 0 Å². The molecule has 1 aromatic rings. The molecule has 1 aromatic carbocycles. The molecule has 2 atom stereocenters. The Morgan fingerprint density at radius 1 is 1.24 bits per heavy atom. The van der Waals surface area contributed by atoms with Crippen LogP contribution in [-0.4, -0.2) is 30.9 Å². The molecule has 1 unspecified atom stereocenters. The standard InChI is InChI=1S/C15H24N3O5P.Li/c1-3-9-16-14(19)12(2)18-24(21,22)11-17-15(20)23-10-13-7-5-4-6-8-13;/h4-8,12H,3,9-11H2,1-2H3,(H,16,19)(H,17,20)(H2,18,21,22);/q;+1/p-1/t12-;/m0./s1. The van der Waals surface area contributed by atoms with Gasteiger partial charge in [-0.1, -0.05) is 37.3 Å². The SMILES string of the molecule is CCCNC(=O)[C@H](C)NP(=O)([O-])CNC(=O)OCc1ccccc1.[Li+]. The van der Waals surface area contributed by atoms with Gasteiger partial charge in [-0.15, -0.1) is 0 Å². The molecule has 0 saturated heterocycles. The normalized spacial score (nSPS) is 13.7. The van der Waals surface area contributed by atoms with E-state index in [9.17, 15) is 19.0 Å². The van der Waals surface area contributed by atoms with Gasteiger partial charge in [0.25, 0.3) is 0 Å². The number of carbonyl (C=O) groups excluding carboxylic acids is 2. The summed E-state index contributed by atoms with van der Waals surface area (Å²) in [6.07, 6.45) is -0.742. The Morgan fingerprint density at radius 3 is 2.48 bits per heavy atom. The van der Waals surface area contributed by atoms with Gasteiger partial charge in [0.05, 0.1) is 19.8 Å². The topological polar surface area (TPSA) is 120 Å². The molecule has 0 bridgehead atoms. The zero-order valence-electron chi connectivity index (χ0n) is 14.8. The number of alkyl carbamates (subject to hydrolysis) is 1. The van der Waals surface area contributed by atoms with E-state index >= 15 is 0 Å². The molecule has 134 valence electrons. The number of hydrogen-bond acceptors (Lipinski definition) is 5. The summed E-state index contributed by atoms with van der Waals surface area (Å²) < 4.78 is 16.8. The number of carbonyl (C=O) groups is 2. The monoisotopic (exact) mass is 363 g/mol. The van der Waals surface area contributed by atoms with Crippen molar-refractivity contribution in [3.63, 3.8) is 0 Å². The Morgan fingerprint density at radius 2 is 1.88 bits per heavy atom. The van der Waals surface area contributed by atoms with Crippen molar-refractivity contribution < 1.29 is 42.6 Å². The van der Waals surface area contributed by atoms with Crippen LogP contribution in [0.5, 0.6) is 0 Å². The summed E-state index contributed by atoms with van der Waals surface area (Å²) in [6.45, 7) is 3.84. The molecule has 10 heteroatoms. The molecular formula is C15H23LiN3O5P. The molecule has 0 aliphatic heterocycles. The predicted molar refractivity (Wildman–Crippen MR) is 88.1 cm³/mol. The number of nitrogens with one attached hydrogen (secondary N) is 3. The van der Waals surface area contributed by atoms with E-state index in [2.05, 4.69) is 15.7 Å². The molecule has 0 saturated carbocycles. The minimum atomic E-state index is -4.16. The van der Waals surface area contributed by atoms with Crippen LogP contribution in [0.25, 0.3) is 0 Å². The van der Waals surface area contributed by atoms with Crippen LogP contribution in [0.3, 0.4) is 0 Å². The molecule has 2 amide bonds. The molecule has 0 aliphatic carbocycles. The van der Waals surface area contributed by atoms with E-state index in [1.54, 1.807) is 24.3 Å². The second-order valence-electron chi connectivity index (χ2n) is 5.21. The van der Waals surface area contributed by atoms with Gasteiger partial charge in [0, 0.05) is 6.54 Å². The zero-order chi connectivity index (χ0) is 18.0. The number of rotatable bonds is 9. The number of ether oxygens (including phenoxy) is 1. The Labute approximate surface area is 159 Å². The van der Waals surface area contributed by atoms with Crippen LogP contribution in [0, 0.1) is 0 Å². The van der Waals surface area contributed by atoms with Gasteiger partial charge in [0.1, 0.15) is 6.61 Å². The summed E-state index contributed by atoms with van der Waals surface area (Å²) in [7, 11) is -4.16. The summed E-state index contributed by atoms with van der Waals surface area (Å²) in [6, 6.07) is 8.09. The summed E-state index contributed by atoms with van der Waals surface area (Å²) in [4.78, 5) is 35.0. The van der Waals surface area contributed by atoms with Gasteiger partial charge < -0.3 is 24.8 Å². The third kappa shape index (κ3) is 10.3. The molecule has 3 N–H and O–H groups in total. The minimum absolute atomic E-state index is 0. The second-order valence-corrected chi connectivity index (χ2v) is 7.13. The first-order valence-electron chi connectivity index (χ1n) is 7.64. The van der Waals surface area contributed by atoms with Crippen LogP contribution in [0.1, 0.15) is 25.8 Å². The van der Waals surface area contributed by atoms with Gasteiger partial charge >= 0.3 is 25.0 Å². The van der Waals surface area contributed by atoms with Gasteiger partial charge in [-0.05, 0) is 18.9 Å². The van der Waals surface area contributed by atoms with Crippen LogP contribution in [0.4, 0.5) is 4.79 Å².